The summed E-state index contributed by atoms with van der Waals surface area (Å²) in [4.78, 5) is 25.5. The molecule has 1 saturated heterocycles. The summed E-state index contributed by atoms with van der Waals surface area (Å²) in [7, 11) is 0. The molecule has 174 valence electrons. The van der Waals surface area contributed by atoms with Crippen molar-refractivity contribution in [2.45, 2.75) is 64.9 Å². The van der Waals surface area contributed by atoms with Gasteiger partial charge in [0.15, 0.2) is 0 Å². The topological polar surface area (TPSA) is 61.9 Å². The fraction of sp³-hybridized carbons (Fsp3) is 0.500. The number of carbonyl (C=O) groups excluding carboxylic acids is 2. The van der Waals surface area contributed by atoms with Gasteiger partial charge in [-0.1, -0.05) is 48.9 Å². The van der Waals surface area contributed by atoms with Gasteiger partial charge in [0.05, 0.1) is 11.7 Å². The maximum atomic E-state index is 15.3. The monoisotopic (exact) mass is 463 g/mol. The molecule has 1 heterocycles. The Bertz CT molecular complexity index is 927. The number of alkyl halides is 1. The number of amides is 2. The van der Waals surface area contributed by atoms with Crippen LogP contribution in [0.1, 0.15) is 52.6 Å². The lowest BCUT2D eigenvalue weighted by molar-refractivity contribution is -0.145. The minimum Gasteiger partial charge on any atom is -0.444 e. The SMILES string of the molecule is CC1C=CC=C(N2C(c3ccccc3Cl)CCN2C(=O)[C@H](C)NC(=O)OC(C)(C)C)C1F. The zero-order valence-corrected chi connectivity index (χ0v) is 19.9. The van der Waals surface area contributed by atoms with Crippen LogP contribution in [0, 0.1) is 5.92 Å². The quantitative estimate of drug-likeness (QED) is 0.669. The van der Waals surface area contributed by atoms with Gasteiger partial charge in [0, 0.05) is 17.5 Å². The molecule has 3 rings (SSSR count). The van der Waals surface area contributed by atoms with Crippen molar-refractivity contribution in [3.63, 3.8) is 0 Å². The highest BCUT2D eigenvalue weighted by Crippen LogP contribution is 2.41. The molecule has 2 amide bonds. The smallest absolute Gasteiger partial charge is 0.408 e. The summed E-state index contributed by atoms with van der Waals surface area (Å²) in [5, 5.41) is 6.38. The predicted octanol–water partition coefficient (Wildman–Crippen LogP) is 5.17. The lowest BCUT2D eigenvalue weighted by Gasteiger charge is -2.40. The molecule has 0 saturated carbocycles. The van der Waals surface area contributed by atoms with E-state index in [4.69, 9.17) is 16.3 Å². The zero-order valence-electron chi connectivity index (χ0n) is 19.1. The van der Waals surface area contributed by atoms with E-state index < -0.39 is 23.9 Å². The van der Waals surface area contributed by atoms with Gasteiger partial charge in [-0.2, -0.15) is 0 Å². The molecule has 6 nitrogen and oxygen atoms in total. The number of alkyl carbamates (subject to hydrolysis) is 1. The standard InChI is InChI=1S/C24H31ClFN3O3/c1-15-9-8-12-20(21(15)26)29-19(17-10-6-7-11-18(17)25)13-14-28(29)22(30)16(2)27-23(31)32-24(3,4)5/h6-12,15-16,19,21H,13-14H2,1-5H3,(H,27,31)/t15?,16-,19?,21?/m0/s1. The first-order valence-electron chi connectivity index (χ1n) is 10.9. The van der Waals surface area contributed by atoms with Gasteiger partial charge in [0.2, 0.25) is 0 Å². The van der Waals surface area contributed by atoms with E-state index in [0.717, 1.165) is 5.56 Å². The van der Waals surface area contributed by atoms with Gasteiger partial charge >= 0.3 is 6.09 Å². The molecule has 2 aliphatic rings. The number of allylic oxidation sites excluding steroid dienone is 4. The third-order valence-corrected chi connectivity index (χ3v) is 5.83. The summed E-state index contributed by atoms with van der Waals surface area (Å²) in [6.45, 7) is 9.02. The number of rotatable bonds is 4. The Morgan fingerprint density at radius 3 is 2.62 bits per heavy atom. The summed E-state index contributed by atoms with van der Waals surface area (Å²) >= 11 is 6.46. The van der Waals surface area contributed by atoms with E-state index in [1.54, 1.807) is 57.8 Å². The lowest BCUT2D eigenvalue weighted by atomic mass is 9.96. The Morgan fingerprint density at radius 1 is 1.28 bits per heavy atom. The predicted molar refractivity (Wildman–Crippen MR) is 122 cm³/mol. The molecule has 0 spiro atoms. The van der Waals surface area contributed by atoms with Gasteiger partial charge in [-0.3, -0.25) is 14.8 Å². The molecular formula is C24H31ClFN3O3. The fourth-order valence-electron chi connectivity index (χ4n) is 3.97. The van der Waals surface area contributed by atoms with Crippen molar-refractivity contribution >= 4 is 23.6 Å². The van der Waals surface area contributed by atoms with E-state index in [1.165, 1.54) is 5.01 Å². The Morgan fingerprint density at radius 2 is 1.97 bits per heavy atom. The first kappa shape index (κ1) is 24.1. The summed E-state index contributed by atoms with van der Waals surface area (Å²) in [5.74, 6) is -0.669. The third-order valence-electron chi connectivity index (χ3n) is 5.48. The van der Waals surface area contributed by atoms with Crippen LogP contribution < -0.4 is 5.32 Å². The van der Waals surface area contributed by atoms with Crippen molar-refractivity contribution in [3.8, 4) is 0 Å². The second-order valence-corrected chi connectivity index (χ2v) is 9.64. The van der Waals surface area contributed by atoms with E-state index in [2.05, 4.69) is 5.32 Å². The molecule has 1 N–H and O–H groups in total. The summed E-state index contributed by atoms with van der Waals surface area (Å²) < 4.78 is 20.6. The Hall–Kier alpha value is -2.54. The number of nitrogens with zero attached hydrogens (tertiary/aromatic N) is 2. The third kappa shape index (κ3) is 5.26. The highest BCUT2D eigenvalue weighted by molar-refractivity contribution is 6.31. The number of hydrogen-bond acceptors (Lipinski definition) is 4. The van der Waals surface area contributed by atoms with Crippen LogP contribution in [0.4, 0.5) is 9.18 Å². The van der Waals surface area contributed by atoms with Crippen LogP contribution in [0.15, 0.2) is 48.2 Å². The van der Waals surface area contributed by atoms with Crippen molar-refractivity contribution < 1.29 is 18.7 Å². The molecule has 0 aromatic heterocycles. The van der Waals surface area contributed by atoms with Crippen LogP contribution in [0.25, 0.3) is 0 Å². The van der Waals surface area contributed by atoms with Gasteiger partial charge in [-0.25, -0.2) is 9.18 Å². The first-order chi connectivity index (χ1) is 15.0. The van der Waals surface area contributed by atoms with Crippen molar-refractivity contribution in [3.05, 3.63) is 58.8 Å². The van der Waals surface area contributed by atoms with Gasteiger partial charge in [0.25, 0.3) is 5.91 Å². The van der Waals surface area contributed by atoms with Gasteiger partial charge in [0.1, 0.15) is 17.8 Å². The van der Waals surface area contributed by atoms with Crippen LogP contribution in [0.5, 0.6) is 0 Å². The van der Waals surface area contributed by atoms with E-state index in [0.29, 0.717) is 23.7 Å². The number of hydrogen-bond donors (Lipinski definition) is 1. The van der Waals surface area contributed by atoms with Gasteiger partial charge < -0.3 is 10.1 Å². The highest BCUT2D eigenvalue weighted by atomic mass is 35.5. The molecule has 4 atom stereocenters. The first-order valence-corrected chi connectivity index (χ1v) is 11.2. The van der Waals surface area contributed by atoms with Crippen molar-refractivity contribution in [2.75, 3.05) is 6.54 Å². The van der Waals surface area contributed by atoms with Crippen LogP contribution in [-0.2, 0) is 9.53 Å². The van der Waals surface area contributed by atoms with E-state index >= 15 is 4.39 Å². The number of ether oxygens (including phenoxy) is 1. The average Bonchev–Trinajstić information content (AvgIpc) is 3.12. The summed E-state index contributed by atoms with van der Waals surface area (Å²) in [6, 6.07) is 6.24. The molecule has 0 bridgehead atoms. The van der Waals surface area contributed by atoms with Crippen LogP contribution in [0.2, 0.25) is 5.02 Å². The molecule has 1 aromatic rings. The summed E-state index contributed by atoms with van der Waals surface area (Å²) in [6.07, 6.45) is 3.94. The number of carbonyl (C=O) groups is 2. The van der Waals surface area contributed by atoms with Crippen molar-refractivity contribution in [2.24, 2.45) is 5.92 Å². The van der Waals surface area contributed by atoms with E-state index in [-0.39, 0.29) is 17.9 Å². The van der Waals surface area contributed by atoms with Gasteiger partial charge in [-0.15, -0.1) is 0 Å². The number of nitrogens with one attached hydrogen (secondary N) is 1. The molecule has 1 aliphatic heterocycles. The lowest BCUT2D eigenvalue weighted by Crippen LogP contribution is -2.52. The Kier molecular flexibility index (Phi) is 7.18. The summed E-state index contributed by atoms with van der Waals surface area (Å²) in [5.41, 5.74) is 0.547. The molecule has 1 fully saturated rings. The molecule has 1 aliphatic carbocycles. The number of benzene rings is 1. The molecule has 0 radical (unpaired) electrons. The number of hydrazine groups is 1. The fourth-order valence-corrected chi connectivity index (χ4v) is 4.23. The minimum absolute atomic E-state index is 0.301. The molecular weight excluding hydrogens is 433 g/mol. The maximum Gasteiger partial charge on any atom is 0.408 e. The molecule has 8 heteroatoms. The van der Waals surface area contributed by atoms with Crippen LogP contribution in [-0.4, -0.2) is 46.4 Å². The average molecular weight is 464 g/mol. The van der Waals surface area contributed by atoms with Crippen LogP contribution >= 0.6 is 11.6 Å². The second kappa shape index (κ2) is 9.53. The normalized spacial score (nSPS) is 24.2. The van der Waals surface area contributed by atoms with Crippen molar-refractivity contribution in [1.82, 2.24) is 15.3 Å². The van der Waals surface area contributed by atoms with Gasteiger partial charge in [-0.05, 0) is 51.8 Å². The zero-order chi connectivity index (χ0) is 23.6. The van der Waals surface area contributed by atoms with Crippen molar-refractivity contribution in [1.29, 1.82) is 0 Å². The minimum atomic E-state index is -1.27. The number of halogens is 2. The molecule has 32 heavy (non-hydrogen) atoms. The molecule has 3 unspecified atom stereocenters. The Balaban J connectivity index is 1.90. The Labute approximate surface area is 194 Å². The second-order valence-electron chi connectivity index (χ2n) is 9.24. The van der Waals surface area contributed by atoms with Crippen LogP contribution in [0.3, 0.4) is 0 Å². The maximum absolute atomic E-state index is 15.3. The molecule has 1 aromatic carbocycles. The van der Waals surface area contributed by atoms with E-state index in [1.807, 2.05) is 24.3 Å². The largest absolute Gasteiger partial charge is 0.444 e. The van der Waals surface area contributed by atoms with E-state index in [9.17, 15) is 9.59 Å². The highest BCUT2D eigenvalue weighted by Gasteiger charge is 2.42.